The largest absolute Gasteiger partial charge is 0.479 e. The molecule has 2 aromatic rings. The van der Waals surface area contributed by atoms with Crippen molar-refractivity contribution >= 4 is 17.1 Å². The van der Waals surface area contributed by atoms with E-state index in [0.717, 1.165) is 0 Å². The Morgan fingerprint density at radius 2 is 2.31 bits per heavy atom. The summed E-state index contributed by atoms with van der Waals surface area (Å²) < 4.78 is 5.07. The van der Waals surface area contributed by atoms with Gasteiger partial charge in [0.1, 0.15) is 5.52 Å². The molecule has 68 valence electrons. The minimum atomic E-state index is 0.492. The highest BCUT2D eigenvalue weighted by atomic mass is 16.5. The van der Waals surface area contributed by atoms with Crippen LogP contribution in [0.4, 0.5) is 5.95 Å². The van der Waals surface area contributed by atoms with Crippen molar-refractivity contribution in [1.29, 1.82) is 0 Å². The standard InChI is InChI=1S/C7H9N5O/c1-8-7-11-5-4(9-3-10-5)6(12-7)13-2/h3H,1-2H3,(H2,8,9,10,11,12). The van der Waals surface area contributed by atoms with E-state index >= 15 is 0 Å². The predicted octanol–water partition coefficient (Wildman–Crippen LogP) is 0.403. The van der Waals surface area contributed by atoms with Gasteiger partial charge in [0.05, 0.1) is 13.4 Å². The Kier molecular flexibility index (Phi) is 1.73. The molecule has 0 aliphatic carbocycles. The predicted molar refractivity (Wildman–Crippen MR) is 47.8 cm³/mol. The molecule has 2 aromatic heterocycles. The molecule has 0 atom stereocenters. The van der Waals surface area contributed by atoms with Crippen LogP contribution in [0.3, 0.4) is 0 Å². The summed E-state index contributed by atoms with van der Waals surface area (Å²) in [6.07, 6.45) is 1.56. The summed E-state index contributed by atoms with van der Waals surface area (Å²) in [5.41, 5.74) is 1.30. The average molecular weight is 179 g/mol. The fraction of sp³-hybridized carbons (Fsp3) is 0.286. The average Bonchev–Trinajstić information content (AvgIpc) is 2.63. The van der Waals surface area contributed by atoms with Gasteiger partial charge >= 0.3 is 0 Å². The molecule has 0 bridgehead atoms. The van der Waals surface area contributed by atoms with Gasteiger partial charge in [0.25, 0.3) is 0 Å². The van der Waals surface area contributed by atoms with Crippen LogP contribution in [0.1, 0.15) is 0 Å². The number of anilines is 1. The quantitative estimate of drug-likeness (QED) is 0.698. The minimum Gasteiger partial charge on any atom is -0.479 e. The number of ether oxygens (including phenoxy) is 1. The van der Waals surface area contributed by atoms with Crippen LogP contribution >= 0.6 is 0 Å². The van der Waals surface area contributed by atoms with Crippen molar-refractivity contribution in [1.82, 2.24) is 19.9 Å². The maximum absolute atomic E-state index is 5.07. The molecule has 0 amide bonds. The lowest BCUT2D eigenvalue weighted by Crippen LogP contribution is -1.99. The Bertz CT molecular complexity index is 424. The molecule has 0 aliphatic rings. The van der Waals surface area contributed by atoms with Gasteiger partial charge in [0.15, 0.2) is 5.65 Å². The lowest BCUT2D eigenvalue weighted by atomic mass is 10.5. The van der Waals surface area contributed by atoms with Gasteiger partial charge in [-0.05, 0) is 0 Å². The summed E-state index contributed by atoms with van der Waals surface area (Å²) in [6.45, 7) is 0. The molecular weight excluding hydrogens is 170 g/mol. The number of aromatic nitrogens is 4. The zero-order valence-electron chi connectivity index (χ0n) is 7.33. The first-order valence-corrected chi connectivity index (χ1v) is 3.78. The summed E-state index contributed by atoms with van der Waals surface area (Å²) in [5, 5.41) is 2.83. The fourth-order valence-corrected chi connectivity index (χ4v) is 1.07. The van der Waals surface area contributed by atoms with Gasteiger partial charge in [0, 0.05) is 7.05 Å². The molecule has 0 aromatic carbocycles. The maximum atomic E-state index is 5.07. The van der Waals surface area contributed by atoms with Crippen LogP contribution in [0.25, 0.3) is 11.2 Å². The first-order valence-electron chi connectivity index (χ1n) is 3.78. The highest BCUT2D eigenvalue weighted by molar-refractivity contribution is 5.76. The van der Waals surface area contributed by atoms with Crippen LogP contribution in [0.15, 0.2) is 6.33 Å². The Morgan fingerprint density at radius 3 is 3.00 bits per heavy atom. The van der Waals surface area contributed by atoms with E-state index in [0.29, 0.717) is 23.0 Å². The molecule has 13 heavy (non-hydrogen) atoms. The van der Waals surface area contributed by atoms with Crippen LogP contribution < -0.4 is 10.1 Å². The van der Waals surface area contributed by atoms with Crippen molar-refractivity contribution in [2.75, 3.05) is 19.5 Å². The van der Waals surface area contributed by atoms with E-state index in [1.807, 2.05) is 0 Å². The van der Waals surface area contributed by atoms with Crippen LogP contribution in [0.2, 0.25) is 0 Å². The Morgan fingerprint density at radius 1 is 1.46 bits per heavy atom. The zero-order chi connectivity index (χ0) is 9.26. The van der Waals surface area contributed by atoms with E-state index in [2.05, 4.69) is 25.3 Å². The molecule has 6 heteroatoms. The number of rotatable bonds is 2. The van der Waals surface area contributed by atoms with Gasteiger partial charge < -0.3 is 15.0 Å². The number of nitrogens with one attached hydrogen (secondary N) is 2. The van der Waals surface area contributed by atoms with E-state index in [1.54, 1.807) is 20.5 Å². The van der Waals surface area contributed by atoms with E-state index in [-0.39, 0.29) is 0 Å². The maximum Gasteiger partial charge on any atom is 0.244 e. The van der Waals surface area contributed by atoms with Gasteiger partial charge in [-0.3, -0.25) is 0 Å². The monoisotopic (exact) mass is 179 g/mol. The lowest BCUT2D eigenvalue weighted by Gasteiger charge is -2.02. The smallest absolute Gasteiger partial charge is 0.244 e. The number of fused-ring (bicyclic) bond motifs is 1. The third-order valence-corrected chi connectivity index (χ3v) is 1.67. The first-order chi connectivity index (χ1) is 6.35. The number of aromatic amines is 1. The van der Waals surface area contributed by atoms with E-state index < -0.39 is 0 Å². The first kappa shape index (κ1) is 7.78. The zero-order valence-corrected chi connectivity index (χ0v) is 7.33. The highest BCUT2D eigenvalue weighted by Crippen LogP contribution is 2.19. The summed E-state index contributed by atoms with van der Waals surface area (Å²) in [6, 6.07) is 0. The van der Waals surface area contributed by atoms with Crippen molar-refractivity contribution in [3.8, 4) is 5.88 Å². The molecular formula is C7H9N5O. The van der Waals surface area contributed by atoms with E-state index in [1.165, 1.54) is 0 Å². The summed E-state index contributed by atoms with van der Waals surface area (Å²) in [4.78, 5) is 15.1. The van der Waals surface area contributed by atoms with Crippen molar-refractivity contribution in [3.63, 3.8) is 0 Å². The molecule has 6 nitrogen and oxygen atoms in total. The Balaban J connectivity index is 2.70. The number of hydrogen-bond acceptors (Lipinski definition) is 5. The molecule has 0 fully saturated rings. The van der Waals surface area contributed by atoms with Gasteiger partial charge in [-0.15, -0.1) is 0 Å². The molecule has 2 N–H and O–H groups in total. The molecule has 2 heterocycles. The fourth-order valence-electron chi connectivity index (χ4n) is 1.07. The van der Waals surface area contributed by atoms with E-state index in [4.69, 9.17) is 4.74 Å². The van der Waals surface area contributed by atoms with Crippen molar-refractivity contribution in [2.45, 2.75) is 0 Å². The number of H-pyrrole nitrogens is 1. The second-order valence-electron chi connectivity index (χ2n) is 2.41. The SMILES string of the molecule is CNc1nc(OC)c2[nH]cnc2n1. The molecule has 0 radical (unpaired) electrons. The molecule has 2 rings (SSSR count). The van der Waals surface area contributed by atoms with Crippen LogP contribution in [0, 0.1) is 0 Å². The van der Waals surface area contributed by atoms with Crippen molar-refractivity contribution in [3.05, 3.63) is 6.33 Å². The summed E-state index contributed by atoms with van der Waals surface area (Å²) in [7, 11) is 3.30. The second-order valence-corrected chi connectivity index (χ2v) is 2.41. The van der Waals surface area contributed by atoms with Gasteiger partial charge in [-0.25, -0.2) is 4.98 Å². The van der Waals surface area contributed by atoms with Gasteiger partial charge in [0.2, 0.25) is 11.8 Å². The van der Waals surface area contributed by atoms with Gasteiger partial charge in [-0.2, -0.15) is 9.97 Å². The van der Waals surface area contributed by atoms with Gasteiger partial charge in [-0.1, -0.05) is 0 Å². The van der Waals surface area contributed by atoms with Crippen LogP contribution in [-0.2, 0) is 0 Å². The Hall–Kier alpha value is -1.85. The van der Waals surface area contributed by atoms with Crippen LogP contribution in [-0.4, -0.2) is 34.1 Å². The van der Waals surface area contributed by atoms with Crippen molar-refractivity contribution in [2.24, 2.45) is 0 Å². The lowest BCUT2D eigenvalue weighted by molar-refractivity contribution is 0.402. The molecule has 0 spiro atoms. The third kappa shape index (κ3) is 1.16. The molecule has 0 unspecified atom stereocenters. The number of methoxy groups -OCH3 is 1. The number of hydrogen-bond donors (Lipinski definition) is 2. The molecule has 0 saturated heterocycles. The normalized spacial score (nSPS) is 10.3. The van der Waals surface area contributed by atoms with Crippen molar-refractivity contribution < 1.29 is 4.74 Å². The highest BCUT2D eigenvalue weighted by Gasteiger charge is 2.08. The summed E-state index contributed by atoms with van der Waals surface area (Å²) in [5.74, 6) is 0.989. The Labute approximate surface area is 74.4 Å². The molecule has 0 aliphatic heterocycles. The molecule has 0 saturated carbocycles. The van der Waals surface area contributed by atoms with Crippen LogP contribution in [0.5, 0.6) is 5.88 Å². The topological polar surface area (TPSA) is 75.7 Å². The summed E-state index contributed by atoms with van der Waals surface area (Å²) >= 11 is 0. The third-order valence-electron chi connectivity index (χ3n) is 1.67. The minimum absolute atomic E-state index is 0.492. The number of imidazole rings is 1. The second kappa shape index (κ2) is 2.89. The van der Waals surface area contributed by atoms with E-state index in [9.17, 15) is 0 Å². The number of nitrogens with zero attached hydrogens (tertiary/aromatic N) is 3.